The molecule has 10 heteroatoms. The standard InChI is InChI=1S/C36H27BN2O2.C36H29BrN2O2/c1-36(2,3)25-16-18-38-29(21-25)23-11-13-30-27(19-23)37-28-20-24(35-26-8-5-4-7-22(26)15-17-39-35)12-14-31(28)41-33-10-6-9-32(40-30)34(33)37;1-36(2,3)27-20-22-38-31(23-27)25-11-15-28(16-12-25)40-32-9-6-10-33(34(32)37)41-29-17-13-26(14-18-29)35-30-8-5-4-7-24(30)19-21-39-35/h4-21H,1-3H3;4-23H,1-3H3. The van der Waals surface area contributed by atoms with Gasteiger partial charge in [0, 0.05) is 57.7 Å². The van der Waals surface area contributed by atoms with E-state index in [1.165, 1.54) is 21.9 Å². The van der Waals surface area contributed by atoms with E-state index in [0.717, 1.165) is 111 Å². The van der Waals surface area contributed by atoms with E-state index < -0.39 is 0 Å². The summed E-state index contributed by atoms with van der Waals surface area (Å²) in [6.07, 6.45) is 7.51. The maximum absolute atomic E-state index is 6.47. The molecule has 0 bridgehead atoms. The highest BCUT2D eigenvalue weighted by Crippen LogP contribution is 2.41. The van der Waals surface area contributed by atoms with Crippen molar-refractivity contribution in [1.29, 1.82) is 0 Å². The molecule has 8 nitrogen and oxygen atoms in total. The van der Waals surface area contributed by atoms with Crippen molar-refractivity contribution in [3.63, 3.8) is 0 Å². The molecule has 0 saturated carbocycles. The number of ether oxygens (including phenoxy) is 4. The minimum atomic E-state index is -0.0469. The second-order valence-electron chi connectivity index (χ2n) is 22.8. The van der Waals surface area contributed by atoms with Gasteiger partial charge in [-0.25, -0.2) is 0 Å². The second-order valence-corrected chi connectivity index (χ2v) is 23.5. The minimum absolute atomic E-state index is 0.0363. The van der Waals surface area contributed by atoms with Crippen molar-refractivity contribution < 1.29 is 18.9 Å². The van der Waals surface area contributed by atoms with Crippen molar-refractivity contribution >= 4 is 60.6 Å². The van der Waals surface area contributed by atoms with Crippen LogP contribution in [0.3, 0.4) is 0 Å². The Kier molecular flexibility index (Phi) is 13.5. The van der Waals surface area contributed by atoms with Gasteiger partial charge in [0.25, 0.3) is 6.71 Å². The third-order valence-electron chi connectivity index (χ3n) is 15.2. The summed E-state index contributed by atoms with van der Waals surface area (Å²) >= 11 is 3.68. The molecule has 0 radical (unpaired) electrons. The molecule has 0 amide bonds. The van der Waals surface area contributed by atoms with Gasteiger partial charge in [0.1, 0.15) is 50.5 Å². The zero-order valence-electron chi connectivity index (χ0n) is 46.3. The van der Waals surface area contributed by atoms with Crippen molar-refractivity contribution in [3.8, 4) is 91.0 Å². The molecular weight excluding hydrogens is 1080 g/mol. The first-order valence-electron chi connectivity index (χ1n) is 27.5. The molecule has 0 aliphatic carbocycles. The molecule has 0 N–H and O–H groups in total. The Morgan fingerprint density at radius 1 is 0.390 bits per heavy atom. The molecular formula is C72H56BBrN4O4. The summed E-state index contributed by atoms with van der Waals surface area (Å²) in [4.78, 5) is 18.8. The Bertz CT molecular complexity index is 4380. The van der Waals surface area contributed by atoms with Gasteiger partial charge in [0.05, 0.1) is 22.8 Å². The Morgan fingerprint density at radius 2 is 0.829 bits per heavy atom. The van der Waals surface area contributed by atoms with E-state index in [4.69, 9.17) is 28.9 Å². The van der Waals surface area contributed by atoms with Gasteiger partial charge in [0.15, 0.2) is 0 Å². The highest BCUT2D eigenvalue weighted by atomic mass is 79.9. The van der Waals surface area contributed by atoms with E-state index in [2.05, 4.69) is 171 Å². The molecule has 0 fully saturated rings. The average Bonchev–Trinajstić information content (AvgIpc) is 3.13. The Hall–Kier alpha value is -9.38. The van der Waals surface area contributed by atoms with Gasteiger partial charge in [-0.05, 0) is 199 Å². The molecule has 2 aliphatic rings. The minimum Gasteiger partial charge on any atom is -0.458 e. The molecule has 82 heavy (non-hydrogen) atoms. The zero-order chi connectivity index (χ0) is 56.1. The van der Waals surface area contributed by atoms with Crippen LogP contribution in [0.5, 0.6) is 46.0 Å². The highest BCUT2D eigenvalue weighted by Gasteiger charge is 2.40. The van der Waals surface area contributed by atoms with E-state index in [1.807, 2.05) is 128 Å². The molecule has 12 aromatic rings. The maximum Gasteiger partial charge on any atom is 0.260 e. The van der Waals surface area contributed by atoms with Crippen LogP contribution < -0.4 is 35.3 Å². The van der Waals surface area contributed by atoms with Crippen LogP contribution in [-0.2, 0) is 10.8 Å². The van der Waals surface area contributed by atoms with E-state index in [1.54, 1.807) is 0 Å². The summed E-state index contributed by atoms with van der Waals surface area (Å²) in [6, 6.07) is 69.9. The van der Waals surface area contributed by atoms with Gasteiger partial charge in [-0.3, -0.25) is 19.9 Å². The maximum atomic E-state index is 6.47. The predicted octanol–water partition coefficient (Wildman–Crippen LogP) is 17.6. The van der Waals surface area contributed by atoms with Gasteiger partial charge in [-0.1, -0.05) is 114 Å². The fraction of sp³-hybridized carbons (Fsp3) is 0.111. The SMILES string of the molecule is CC(C)(C)c1ccnc(-c2ccc(Oc3cccc(Oc4ccc(-c5nccc6ccccc56)cc4)c3Br)cc2)c1.CC(C)(C)c1ccnc(-c2ccc3c(c2)B2c4cc(-c5nccc6ccccc56)ccc4Oc4cccc(c42)O3)c1. The summed E-state index contributed by atoms with van der Waals surface area (Å²) in [5, 5.41) is 4.59. The van der Waals surface area contributed by atoms with Crippen molar-refractivity contribution in [2.75, 3.05) is 0 Å². The smallest absolute Gasteiger partial charge is 0.260 e. The number of rotatable bonds is 8. The molecule has 0 unspecified atom stereocenters. The molecule has 4 aromatic heterocycles. The third-order valence-corrected chi connectivity index (χ3v) is 16.0. The van der Waals surface area contributed by atoms with Crippen LogP contribution in [0.15, 0.2) is 236 Å². The molecule has 14 rings (SSSR count). The fourth-order valence-corrected chi connectivity index (χ4v) is 11.3. The number of aromatic nitrogens is 4. The van der Waals surface area contributed by atoms with Crippen molar-refractivity contribution in [1.82, 2.24) is 19.9 Å². The Balaban J connectivity index is 0.000000154. The number of hydrogen-bond donors (Lipinski definition) is 0. The zero-order valence-corrected chi connectivity index (χ0v) is 47.9. The number of hydrogen-bond acceptors (Lipinski definition) is 8. The van der Waals surface area contributed by atoms with E-state index in [9.17, 15) is 0 Å². The quantitative estimate of drug-likeness (QED) is 0.139. The fourth-order valence-electron chi connectivity index (χ4n) is 10.8. The van der Waals surface area contributed by atoms with Gasteiger partial charge in [-0.2, -0.15) is 0 Å². The van der Waals surface area contributed by atoms with Crippen LogP contribution >= 0.6 is 15.9 Å². The van der Waals surface area contributed by atoms with Crippen LogP contribution in [0.4, 0.5) is 0 Å². The largest absolute Gasteiger partial charge is 0.458 e. The van der Waals surface area contributed by atoms with Crippen LogP contribution in [0.2, 0.25) is 0 Å². The molecule has 2 aliphatic heterocycles. The van der Waals surface area contributed by atoms with Crippen LogP contribution in [0.1, 0.15) is 52.7 Å². The summed E-state index contributed by atoms with van der Waals surface area (Å²) in [6.45, 7) is 13.3. The summed E-state index contributed by atoms with van der Waals surface area (Å²) in [7, 11) is 0. The summed E-state index contributed by atoms with van der Waals surface area (Å²) < 4.78 is 26.1. The average molecular weight is 1130 g/mol. The first-order valence-corrected chi connectivity index (χ1v) is 28.3. The molecule has 6 heterocycles. The van der Waals surface area contributed by atoms with Gasteiger partial charge < -0.3 is 18.9 Å². The summed E-state index contributed by atoms with van der Waals surface area (Å²) in [5.41, 5.74) is 13.9. The molecule has 398 valence electrons. The molecule has 8 aromatic carbocycles. The first-order chi connectivity index (χ1) is 39.8. The Morgan fingerprint density at radius 3 is 1.37 bits per heavy atom. The topological polar surface area (TPSA) is 88.5 Å². The monoisotopic (exact) mass is 1130 g/mol. The highest BCUT2D eigenvalue weighted by molar-refractivity contribution is 9.10. The second kappa shape index (κ2) is 21.3. The normalized spacial score (nSPS) is 12.3. The Labute approximate surface area is 486 Å². The lowest BCUT2D eigenvalue weighted by Gasteiger charge is -2.33. The number of benzene rings is 8. The summed E-state index contributed by atoms with van der Waals surface area (Å²) in [5.74, 6) is 6.16. The molecule has 0 atom stereocenters. The number of halogens is 1. The van der Waals surface area contributed by atoms with Crippen LogP contribution in [-0.4, -0.2) is 26.6 Å². The van der Waals surface area contributed by atoms with Gasteiger partial charge >= 0.3 is 0 Å². The predicted molar refractivity (Wildman–Crippen MR) is 337 cm³/mol. The van der Waals surface area contributed by atoms with Gasteiger partial charge in [-0.15, -0.1) is 0 Å². The van der Waals surface area contributed by atoms with Crippen molar-refractivity contribution in [3.05, 3.63) is 247 Å². The molecule has 0 saturated heterocycles. The van der Waals surface area contributed by atoms with E-state index in [0.29, 0.717) is 11.5 Å². The van der Waals surface area contributed by atoms with Crippen LogP contribution in [0, 0.1) is 0 Å². The first kappa shape index (κ1) is 52.0. The van der Waals surface area contributed by atoms with Crippen LogP contribution in [0.25, 0.3) is 66.6 Å². The van der Waals surface area contributed by atoms with E-state index >= 15 is 0 Å². The molecule has 0 spiro atoms. The third kappa shape index (κ3) is 10.3. The lowest BCUT2D eigenvalue weighted by atomic mass is 9.34. The van der Waals surface area contributed by atoms with Crippen molar-refractivity contribution in [2.45, 2.75) is 52.4 Å². The van der Waals surface area contributed by atoms with Gasteiger partial charge in [0.2, 0.25) is 0 Å². The lowest BCUT2D eigenvalue weighted by Crippen LogP contribution is -2.57. The van der Waals surface area contributed by atoms with E-state index in [-0.39, 0.29) is 17.5 Å². The van der Waals surface area contributed by atoms with Crippen molar-refractivity contribution in [2.24, 2.45) is 0 Å². The number of pyridine rings is 4. The number of nitrogens with zero attached hydrogens (tertiary/aromatic N) is 4. The lowest BCUT2D eigenvalue weighted by molar-refractivity contribution is 0.455. The number of fused-ring (bicyclic) bond motifs is 6.